The first-order valence-corrected chi connectivity index (χ1v) is 22.1. The third kappa shape index (κ3) is 6.15. The van der Waals surface area contributed by atoms with Crippen molar-refractivity contribution >= 4 is 80.9 Å². The lowest BCUT2D eigenvalue weighted by atomic mass is 9.93. The summed E-state index contributed by atoms with van der Waals surface area (Å²) >= 11 is 1.88. The van der Waals surface area contributed by atoms with Crippen LogP contribution in [0.2, 0.25) is 0 Å². The van der Waals surface area contributed by atoms with Gasteiger partial charge in [0.2, 0.25) is 0 Å². The van der Waals surface area contributed by atoms with Crippen LogP contribution in [-0.2, 0) is 0 Å². The van der Waals surface area contributed by atoms with Crippen molar-refractivity contribution in [1.82, 2.24) is 0 Å². The number of hydrogen-bond acceptors (Lipinski definition) is 2. The fraction of sp³-hybridized carbons (Fsp3) is 0. The molecule has 2 heteroatoms. The minimum atomic E-state index is 1.09. The van der Waals surface area contributed by atoms with E-state index in [1.807, 2.05) is 11.3 Å². The van der Waals surface area contributed by atoms with Crippen LogP contribution >= 0.6 is 11.3 Å². The number of hydrogen-bond donors (Lipinski definition) is 0. The lowest BCUT2D eigenvalue weighted by Crippen LogP contribution is -2.11. The number of anilines is 3. The molecule has 0 aliphatic heterocycles. The van der Waals surface area contributed by atoms with Gasteiger partial charge < -0.3 is 4.90 Å². The highest BCUT2D eigenvalue weighted by molar-refractivity contribution is 7.26. The lowest BCUT2D eigenvalue weighted by Gasteiger charge is -2.28. The maximum Gasteiger partial charge on any atom is 0.0540 e. The molecule has 0 amide bonds. The van der Waals surface area contributed by atoms with Crippen molar-refractivity contribution in [1.29, 1.82) is 0 Å². The van der Waals surface area contributed by atoms with Gasteiger partial charge in [-0.3, -0.25) is 0 Å². The minimum absolute atomic E-state index is 1.09. The second kappa shape index (κ2) is 15.0. The van der Waals surface area contributed by atoms with E-state index in [0.29, 0.717) is 0 Å². The molecule has 0 aliphatic rings. The minimum Gasteiger partial charge on any atom is -0.310 e. The van der Waals surface area contributed by atoms with E-state index in [4.69, 9.17) is 0 Å². The molecule has 0 aliphatic carbocycles. The Hall–Kier alpha value is -7.78. The topological polar surface area (TPSA) is 3.24 Å². The van der Waals surface area contributed by atoms with Gasteiger partial charge in [0.05, 0.1) is 5.69 Å². The first-order chi connectivity index (χ1) is 30.7. The van der Waals surface area contributed by atoms with Crippen molar-refractivity contribution in [3.8, 4) is 44.5 Å². The Morgan fingerprint density at radius 3 is 1.58 bits per heavy atom. The van der Waals surface area contributed by atoms with Gasteiger partial charge in [-0.05, 0) is 120 Å². The van der Waals surface area contributed by atoms with E-state index in [1.165, 1.54) is 97.0 Å². The summed E-state index contributed by atoms with van der Waals surface area (Å²) in [5.74, 6) is 0. The summed E-state index contributed by atoms with van der Waals surface area (Å²) in [6.07, 6.45) is 0. The van der Waals surface area contributed by atoms with Crippen molar-refractivity contribution in [3.05, 3.63) is 237 Å². The van der Waals surface area contributed by atoms with E-state index in [-0.39, 0.29) is 0 Å². The van der Waals surface area contributed by atoms with Gasteiger partial charge in [0.15, 0.2) is 0 Å². The molecule has 62 heavy (non-hydrogen) atoms. The standard InChI is InChI=1S/C60H39NS/c1-3-19-48-40(14-1)16-12-25-49(48)43-17-11-18-44(38-43)51-21-7-9-28-58(51)61(46-34-30-41(31-35-46)52-26-13-27-56-55-24-8-10-29-59(55)62-60(52)56)47-36-32-42(33-37-47)57-39-45-15-2-4-20-50(45)53-22-5-6-23-54(53)57/h1-39H. The fourth-order valence-corrected chi connectivity index (χ4v) is 10.8. The summed E-state index contributed by atoms with van der Waals surface area (Å²) < 4.78 is 2.64. The Morgan fingerprint density at radius 1 is 0.274 bits per heavy atom. The monoisotopic (exact) mass is 805 g/mol. The maximum atomic E-state index is 2.42. The van der Waals surface area contributed by atoms with Crippen LogP contribution in [0, 0.1) is 0 Å². The Balaban J connectivity index is 1.00. The highest BCUT2D eigenvalue weighted by Gasteiger charge is 2.19. The van der Waals surface area contributed by atoms with Gasteiger partial charge in [0, 0.05) is 37.1 Å². The summed E-state index contributed by atoms with van der Waals surface area (Å²) in [5.41, 5.74) is 13.0. The highest BCUT2D eigenvalue weighted by atomic mass is 32.1. The average Bonchev–Trinajstić information content (AvgIpc) is 3.73. The van der Waals surface area contributed by atoms with E-state index in [9.17, 15) is 0 Å². The van der Waals surface area contributed by atoms with Crippen LogP contribution in [0.25, 0.3) is 97.0 Å². The summed E-state index contributed by atoms with van der Waals surface area (Å²) in [4.78, 5) is 2.42. The molecule has 1 nitrogen and oxygen atoms in total. The van der Waals surface area contributed by atoms with Crippen molar-refractivity contribution in [2.45, 2.75) is 0 Å². The third-order valence-corrected chi connectivity index (χ3v) is 13.7. The Bertz CT molecular complexity index is 3630. The molecule has 0 saturated carbocycles. The van der Waals surface area contributed by atoms with Crippen molar-refractivity contribution in [2.24, 2.45) is 0 Å². The molecule has 12 rings (SSSR count). The molecule has 11 aromatic carbocycles. The largest absolute Gasteiger partial charge is 0.310 e. The van der Waals surface area contributed by atoms with Gasteiger partial charge in [-0.15, -0.1) is 11.3 Å². The zero-order valence-electron chi connectivity index (χ0n) is 33.9. The molecule has 0 spiro atoms. The van der Waals surface area contributed by atoms with Crippen LogP contribution in [0.15, 0.2) is 237 Å². The second-order valence-corrected chi connectivity index (χ2v) is 17.1. The zero-order valence-corrected chi connectivity index (χ0v) is 34.7. The van der Waals surface area contributed by atoms with Crippen molar-refractivity contribution in [2.75, 3.05) is 4.90 Å². The van der Waals surface area contributed by atoms with Crippen molar-refractivity contribution < 1.29 is 0 Å². The molecular weight excluding hydrogens is 767 g/mol. The predicted octanol–water partition coefficient (Wildman–Crippen LogP) is 17.7. The van der Waals surface area contributed by atoms with Crippen LogP contribution in [0.4, 0.5) is 17.1 Å². The van der Waals surface area contributed by atoms with Crippen molar-refractivity contribution in [3.63, 3.8) is 0 Å². The molecule has 0 fully saturated rings. The molecule has 0 bridgehead atoms. The fourth-order valence-electron chi connectivity index (χ4n) is 9.52. The van der Waals surface area contributed by atoms with Crippen LogP contribution in [0.1, 0.15) is 0 Å². The SMILES string of the molecule is c1cc(-c2ccccc2N(c2ccc(-c3cc4ccccc4c4ccccc34)cc2)c2ccc(-c3cccc4c3sc3ccccc34)cc2)cc(-c2cccc3ccccc23)c1. The molecule has 0 N–H and O–H groups in total. The van der Waals surface area contributed by atoms with Crippen LogP contribution in [-0.4, -0.2) is 0 Å². The average molecular weight is 806 g/mol. The third-order valence-electron chi connectivity index (χ3n) is 12.5. The molecule has 1 aromatic heterocycles. The number of benzene rings is 11. The van der Waals surface area contributed by atoms with Gasteiger partial charge in [-0.2, -0.15) is 0 Å². The number of rotatable bonds is 7. The molecule has 0 unspecified atom stereocenters. The number of fused-ring (bicyclic) bond motifs is 7. The number of thiophene rings is 1. The molecule has 290 valence electrons. The highest BCUT2D eigenvalue weighted by Crippen LogP contribution is 2.45. The van der Waals surface area contributed by atoms with E-state index in [2.05, 4.69) is 241 Å². The molecule has 12 aromatic rings. The Morgan fingerprint density at radius 2 is 0.790 bits per heavy atom. The molecule has 1 heterocycles. The Labute approximate surface area is 365 Å². The number of para-hydroxylation sites is 1. The van der Waals surface area contributed by atoms with Gasteiger partial charge in [0.25, 0.3) is 0 Å². The van der Waals surface area contributed by atoms with Crippen LogP contribution in [0.3, 0.4) is 0 Å². The van der Waals surface area contributed by atoms with Gasteiger partial charge in [-0.1, -0.05) is 188 Å². The smallest absolute Gasteiger partial charge is 0.0540 e. The predicted molar refractivity (Wildman–Crippen MR) is 268 cm³/mol. The maximum absolute atomic E-state index is 2.42. The summed E-state index contributed by atoms with van der Waals surface area (Å²) in [7, 11) is 0. The first kappa shape index (κ1) is 36.1. The van der Waals surface area contributed by atoms with Crippen LogP contribution < -0.4 is 4.90 Å². The van der Waals surface area contributed by atoms with Crippen LogP contribution in [0.5, 0.6) is 0 Å². The van der Waals surface area contributed by atoms with E-state index < -0.39 is 0 Å². The quantitative estimate of drug-likeness (QED) is 0.145. The van der Waals surface area contributed by atoms with Gasteiger partial charge >= 0.3 is 0 Å². The van der Waals surface area contributed by atoms with Gasteiger partial charge in [-0.25, -0.2) is 0 Å². The summed E-state index contributed by atoms with van der Waals surface area (Å²) in [5, 5.41) is 10.2. The van der Waals surface area contributed by atoms with E-state index >= 15 is 0 Å². The summed E-state index contributed by atoms with van der Waals surface area (Å²) in [6.45, 7) is 0. The van der Waals surface area contributed by atoms with Gasteiger partial charge in [0.1, 0.15) is 0 Å². The van der Waals surface area contributed by atoms with E-state index in [1.54, 1.807) is 0 Å². The lowest BCUT2D eigenvalue weighted by molar-refractivity contribution is 1.28. The second-order valence-electron chi connectivity index (χ2n) is 16.0. The zero-order chi connectivity index (χ0) is 41.0. The molecule has 0 atom stereocenters. The summed E-state index contributed by atoms with van der Waals surface area (Å²) in [6, 6.07) is 86.7. The molecule has 0 saturated heterocycles. The van der Waals surface area contributed by atoms with E-state index in [0.717, 1.165) is 17.1 Å². The first-order valence-electron chi connectivity index (χ1n) is 21.2. The molecular formula is C60H39NS. The Kier molecular flexibility index (Phi) is 8.76. The number of nitrogens with zero attached hydrogens (tertiary/aromatic N) is 1. The normalized spacial score (nSPS) is 11.5. The molecule has 0 radical (unpaired) electrons.